The molecule has 1 fully saturated rings. The Morgan fingerprint density at radius 1 is 1.07 bits per heavy atom. The molecule has 1 atom stereocenters. The lowest BCUT2D eigenvalue weighted by Gasteiger charge is -2.15. The van der Waals surface area contributed by atoms with E-state index in [-0.39, 0.29) is 17.9 Å². The molecule has 0 spiro atoms. The van der Waals surface area contributed by atoms with Crippen molar-refractivity contribution in [3.63, 3.8) is 0 Å². The van der Waals surface area contributed by atoms with Gasteiger partial charge < -0.3 is 24.8 Å². The van der Waals surface area contributed by atoms with E-state index in [4.69, 9.17) is 14.2 Å². The molecule has 0 aliphatic carbocycles. The summed E-state index contributed by atoms with van der Waals surface area (Å²) in [6.07, 6.45) is 2.00. The number of hydrogen-bond donors (Lipinski definition) is 2. The lowest BCUT2D eigenvalue weighted by atomic mass is 10.1. The van der Waals surface area contributed by atoms with Crippen LogP contribution in [0.25, 0.3) is 0 Å². The molecular weight excluding hydrogens is 360 g/mol. The van der Waals surface area contributed by atoms with Gasteiger partial charge in [-0.3, -0.25) is 9.59 Å². The molecule has 2 aromatic rings. The number of methoxy groups -OCH3 is 2. The highest BCUT2D eigenvalue weighted by atomic mass is 16.5. The van der Waals surface area contributed by atoms with Gasteiger partial charge in [-0.25, -0.2) is 0 Å². The van der Waals surface area contributed by atoms with Gasteiger partial charge in [-0.05, 0) is 37.1 Å². The van der Waals surface area contributed by atoms with Crippen molar-refractivity contribution in [2.75, 3.05) is 32.7 Å². The molecule has 2 aromatic carbocycles. The summed E-state index contributed by atoms with van der Waals surface area (Å²) >= 11 is 0. The Balaban J connectivity index is 1.73. The van der Waals surface area contributed by atoms with Gasteiger partial charge in [-0.2, -0.15) is 0 Å². The van der Waals surface area contributed by atoms with Crippen LogP contribution in [0.2, 0.25) is 0 Å². The van der Waals surface area contributed by atoms with Crippen LogP contribution in [0, 0.1) is 0 Å². The Bertz CT molecular complexity index is 846. The maximum atomic E-state index is 12.8. The molecule has 0 bridgehead atoms. The highest BCUT2D eigenvalue weighted by Gasteiger charge is 2.20. The molecule has 28 heavy (non-hydrogen) atoms. The molecule has 1 aliphatic heterocycles. The molecule has 1 heterocycles. The van der Waals surface area contributed by atoms with Crippen molar-refractivity contribution in [3.05, 3.63) is 53.6 Å². The van der Waals surface area contributed by atoms with Crippen LogP contribution < -0.4 is 20.1 Å². The molecular formula is C21H24N2O5. The average molecular weight is 384 g/mol. The fourth-order valence-corrected chi connectivity index (χ4v) is 3.07. The van der Waals surface area contributed by atoms with E-state index in [0.717, 1.165) is 19.4 Å². The van der Waals surface area contributed by atoms with Crippen LogP contribution in [0.15, 0.2) is 42.5 Å². The Kier molecular flexibility index (Phi) is 6.49. The lowest BCUT2D eigenvalue weighted by Crippen LogP contribution is -2.32. The molecule has 1 unspecified atom stereocenters. The third-order valence-electron chi connectivity index (χ3n) is 4.59. The fraction of sp³-hybridized carbons (Fsp3) is 0.333. The number of nitrogens with one attached hydrogen (secondary N) is 2. The number of carbonyl (C=O) groups is 2. The SMILES string of the molecule is COc1ccc(C(=O)Nc2ccccc2C(=O)NCC2CCCO2)c(OC)c1. The van der Waals surface area contributed by atoms with E-state index in [1.54, 1.807) is 49.6 Å². The van der Waals surface area contributed by atoms with Gasteiger partial charge in [0, 0.05) is 19.2 Å². The molecule has 7 nitrogen and oxygen atoms in total. The number of para-hydroxylation sites is 1. The molecule has 7 heteroatoms. The molecule has 2 N–H and O–H groups in total. The molecule has 0 aromatic heterocycles. The minimum absolute atomic E-state index is 0.0502. The number of ether oxygens (including phenoxy) is 3. The zero-order chi connectivity index (χ0) is 19.9. The third kappa shape index (κ3) is 4.61. The quantitative estimate of drug-likeness (QED) is 0.767. The van der Waals surface area contributed by atoms with Crippen molar-refractivity contribution in [2.45, 2.75) is 18.9 Å². The zero-order valence-electron chi connectivity index (χ0n) is 16.0. The van der Waals surface area contributed by atoms with Crippen molar-refractivity contribution in [1.82, 2.24) is 5.32 Å². The molecule has 2 amide bonds. The largest absolute Gasteiger partial charge is 0.497 e. The van der Waals surface area contributed by atoms with E-state index < -0.39 is 0 Å². The monoisotopic (exact) mass is 384 g/mol. The lowest BCUT2D eigenvalue weighted by molar-refractivity contribution is 0.0858. The van der Waals surface area contributed by atoms with Crippen molar-refractivity contribution in [3.8, 4) is 11.5 Å². The standard InChI is InChI=1S/C21H24N2O5/c1-26-14-9-10-17(19(12-14)27-2)21(25)23-18-8-4-3-7-16(18)20(24)22-13-15-6-5-11-28-15/h3-4,7-10,12,15H,5-6,11,13H2,1-2H3,(H,22,24)(H,23,25). The fourth-order valence-electron chi connectivity index (χ4n) is 3.07. The minimum Gasteiger partial charge on any atom is -0.497 e. The Morgan fingerprint density at radius 3 is 2.61 bits per heavy atom. The summed E-state index contributed by atoms with van der Waals surface area (Å²) in [7, 11) is 3.03. The zero-order valence-corrected chi connectivity index (χ0v) is 16.0. The summed E-state index contributed by atoms with van der Waals surface area (Å²) in [6.45, 7) is 1.18. The molecule has 0 saturated carbocycles. The van der Waals surface area contributed by atoms with E-state index in [1.807, 2.05) is 0 Å². The van der Waals surface area contributed by atoms with Gasteiger partial charge in [0.1, 0.15) is 11.5 Å². The Labute approximate surface area is 164 Å². The first-order valence-corrected chi connectivity index (χ1v) is 9.14. The van der Waals surface area contributed by atoms with E-state index in [0.29, 0.717) is 34.9 Å². The van der Waals surface area contributed by atoms with Crippen molar-refractivity contribution in [2.24, 2.45) is 0 Å². The first-order valence-electron chi connectivity index (χ1n) is 9.14. The molecule has 1 saturated heterocycles. The normalized spacial score (nSPS) is 15.7. The second kappa shape index (κ2) is 9.23. The van der Waals surface area contributed by atoms with Gasteiger partial charge in [-0.1, -0.05) is 12.1 Å². The van der Waals surface area contributed by atoms with Gasteiger partial charge >= 0.3 is 0 Å². The van der Waals surface area contributed by atoms with E-state index in [2.05, 4.69) is 10.6 Å². The summed E-state index contributed by atoms with van der Waals surface area (Å²) in [5.41, 5.74) is 1.16. The van der Waals surface area contributed by atoms with Crippen molar-refractivity contribution in [1.29, 1.82) is 0 Å². The summed E-state index contributed by atoms with van der Waals surface area (Å²) < 4.78 is 16.0. The maximum Gasteiger partial charge on any atom is 0.259 e. The number of carbonyl (C=O) groups excluding carboxylic acids is 2. The minimum atomic E-state index is -0.376. The van der Waals surface area contributed by atoms with E-state index in [1.165, 1.54) is 7.11 Å². The Morgan fingerprint density at radius 2 is 1.89 bits per heavy atom. The van der Waals surface area contributed by atoms with Crippen molar-refractivity contribution >= 4 is 17.5 Å². The average Bonchev–Trinajstić information content (AvgIpc) is 3.25. The van der Waals surface area contributed by atoms with Gasteiger partial charge in [-0.15, -0.1) is 0 Å². The topological polar surface area (TPSA) is 85.9 Å². The van der Waals surface area contributed by atoms with Crippen LogP contribution in [-0.4, -0.2) is 45.3 Å². The Hall–Kier alpha value is -3.06. The van der Waals surface area contributed by atoms with E-state index in [9.17, 15) is 9.59 Å². The van der Waals surface area contributed by atoms with Gasteiger partial charge in [0.2, 0.25) is 0 Å². The number of anilines is 1. The molecule has 1 aliphatic rings. The number of rotatable bonds is 7. The molecule has 148 valence electrons. The second-order valence-electron chi connectivity index (χ2n) is 6.41. The first-order chi connectivity index (χ1) is 13.6. The smallest absolute Gasteiger partial charge is 0.259 e. The first kappa shape index (κ1) is 19.7. The highest BCUT2D eigenvalue weighted by Crippen LogP contribution is 2.26. The van der Waals surface area contributed by atoms with Crippen molar-refractivity contribution < 1.29 is 23.8 Å². The van der Waals surface area contributed by atoms with Crippen LogP contribution in [0.1, 0.15) is 33.6 Å². The van der Waals surface area contributed by atoms with Crippen LogP contribution in [0.3, 0.4) is 0 Å². The van der Waals surface area contributed by atoms with Gasteiger partial charge in [0.15, 0.2) is 0 Å². The molecule has 3 rings (SSSR count). The number of amides is 2. The summed E-state index contributed by atoms with van der Waals surface area (Å²) in [5.74, 6) is 0.339. The summed E-state index contributed by atoms with van der Waals surface area (Å²) in [5, 5.41) is 5.67. The second-order valence-corrected chi connectivity index (χ2v) is 6.41. The van der Waals surface area contributed by atoms with Crippen LogP contribution in [-0.2, 0) is 4.74 Å². The predicted molar refractivity (Wildman–Crippen MR) is 105 cm³/mol. The van der Waals surface area contributed by atoms with Crippen LogP contribution in [0.5, 0.6) is 11.5 Å². The predicted octanol–water partition coefficient (Wildman–Crippen LogP) is 2.86. The number of benzene rings is 2. The van der Waals surface area contributed by atoms with Crippen LogP contribution >= 0.6 is 0 Å². The maximum absolute atomic E-state index is 12.8. The van der Waals surface area contributed by atoms with E-state index >= 15 is 0 Å². The molecule has 0 radical (unpaired) electrons. The van der Waals surface area contributed by atoms with Gasteiger partial charge in [0.05, 0.1) is 37.1 Å². The number of hydrogen-bond acceptors (Lipinski definition) is 5. The third-order valence-corrected chi connectivity index (χ3v) is 4.59. The van der Waals surface area contributed by atoms with Crippen LogP contribution in [0.4, 0.5) is 5.69 Å². The summed E-state index contributed by atoms with van der Waals surface area (Å²) in [4.78, 5) is 25.3. The highest BCUT2D eigenvalue weighted by molar-refractivity contribution is 6.10. The summed E-state index contributed by atoms with van der Waals surface area (Å²) in [6, 6.07) is 11.8. The van der Waals surface area contributed by atoms with Gasteiger partial charge in [0.25, 0.3) is 11.8 Å².